The molecule has 24 heavy (non-hydrogen) atoms. The van der Waals surface area contributed by atoms with Gasteiger partial charge in [-0.2, -0.15) is 0 Å². The van der Waals surface area contributed by atoms with E-state index in [4.69, 9.17) is 4.74 Å². The standard InChI is InChI=1S/C18H24N4O2/c1-13(2)15-7-4-5-8-16(15)22-18-20-11-14(12-21-18)17(23)19-9-6-10-24-3/h4-5,7-8,11-13H,6,9-10H2,1-3H3,(H,19,23)(H,20,21,22). The van der Waals surface area contributed by atoms with Gasteiger partial charge < -0.3 is 15.4 Å². The maximum absolute atomic E-state index is 12.0. The van der Waals surface area contributed by atoms with Gasteiger partial charge in [-0.15, -0.1) is 0 Å². The van der Waals surface area contributed by atoms with Crippen molar-refractivity contribution in [2.24, 2.45) is 0 Å². The molecule has 0 atom stereocenters. The molecule has 6 nitrogen and oxygen atoms in total. The molecule has 0 aliphatic carbocycles. The highest BCUT2D eigenvalue weighted by atomic mass is 16.5. The Morgan fingerprint density at radius 1 is 1.21 bits per heavy atom. The summed E-state index contributed by atoms with van der Waals surface area (Å²) in [6.45, 7) is 5.46. The normalized spacial score (nSPS) is 10.7. The number of hydrogen-bond acceptors (Lipinski definition) is 5. The zero-order valence-electron chi connectivity index (χ0n) is 14.4. The van der Waals surface area contributed by atoms with Crippen LogP contribution in [0.1, 0.15) is 42.1 Å². The first-order valence-corrected chi connectivity index (χ1v) is 8.07. The summed E-state index contributed by atoms with van der Waals surface area (Å²) in [6, 6.07) is 8.05. The summed E-state index contributed by atoms with van der Waals surface area (Å²) >= 11 is 0. The van der Waals surface area contributed by atoms with Crippen LogP contribution in [0.4, 0.5) is 11.6 Å². The van der Waals surface area contributed by atoms with E-state index in [9.17, 15) is 4.79 Å². The van der Waals surface area contributed by atoms with Crippen LogP contribution in [0.25, 0.3) is 0 Å². The molecule has 0 fully saturated rings. The molecule has 0 saturated heterocycles. The van der Waals surface area contributed by atoms with Crippen LogP contribution < -0.4 is 10.6 Å². The van der Waals surface area contributed by atoms with Crippen molar-refractivity contribution in [2.45, 2.75) is 26.2 Å². The molecule has 128 valence electrons. The van der Waals surface area contributed by atoms with E-state index in [1.807, 2.05) is 18.2 Å². The highest BCUT2D eigenvalue weighted by Gasteiger charge is 2.09. The predicted molar refractivity (Wildman–Crippen MR) is 94.7 cm³/mol. The fourth-order valence-electron chi connectivity index (χ4n) is 2.27. The first-order chi connectivity index (χ1) is 11.6. The van der Waals surface area contributed by atoms with Crippen LogP contribution in [0.5, 0.6) is 0 Å². The van der Waals surface area contributed by atoms with Crippen LogP contribution in [0.3, 0.4) is 0 Å². The number of para-hydroxylation sites is 1. The fraction of sp³-hybridized carbons (Fsp3) is 0.389. The number of nitrogens with zero attached hydrogens (tertiary/aromatic N) is 2. The third-order valence-corrected chi connectivity index (χ3v) is 3.55. The van der Waals surface area contributed by atoms with E-state index in [2.05, 4.69) is 40.5 Å². The number of rotatable bonds is 8. The Kier molecular flexibility index (Phi) is 6.69. The Balaban J connectivity index is 1.98. The SMILES string of the molecule is COCCCNC(=O)c1cnc(Nc2ccccc2C(C)C)nc1. The Bertz CT molecular complexity index is 656. The van der Waals surface area contributed by atoms with Crippen LogP contribution in [0.2, 0.25) is 0 Å². The Morgan fingerprint density at radius 3 is 2.58 bits per heavy atom. The molecule has 0 spiro atoms. The monoisotopic (exact) mass is 328 g/mol. The fourth-order valence-corrected chi connectivity index (χ4v) is 2.27. The molecule has 2 N–H and O–H groups in total. The molecule has 0 saturated carbocycles. The summed E-state index contributed by atoms with van der Waals surface area (Å²) in [6.07, 6.45) is 3.83. The van der Waals surface area contributed by atoms with Crippen molar-refractivity contribution in [1.29, 1.82) is 0 Å². The van der Waals surface area contributed by atoms with Gasteiger partial charge in [0.15, 0.2) is 0 Å². The second kappa shape index (κ2) is 8.98. The van der Waals surface area contributed by atoms with Gasteiger partial charge in [0.25, 0.3) is 5.91 Å². The van der Waals surface area contributed by atoms with Crippen molar-refractivity contribution >= 4 is 17.5 Å². The van der Waals surface area contributed by atoms with Crippen molar-refractivity contribution in [3.8, 4) is 0 Å². The minimum atomic E-state index is -0.180. The average Bonchev–Trinajstić information content (AvgIpc) is 2.59. The number of hydrogen-bond donors (Lipinski definition) is 2. The molecule has 0 aliphatic rings. The number of carbonyl (C=O) groups is 1. The third kappa shape index (κ3) is 5.03. The molecule has 0 bridgehead atoms. The van der Waals surface area contributed by atoms with E-state index in [-0.39, 0.29) is 5.91 Å². The highest BCUT2D eigenvalue weighted by Crippen LogP contribution is 2.25. The summed E-state index contributed by atoms with van der Waals surface area (Å²) in [5.41, 5.74) is 2.61. The van der Waals surface area contributed by atoms with Gasteiger partial charge in [-0.3, -0.25) is 4.79 Å². The molecule has 2 rings (SSSR count). The number of amides is 1. The second-order valence-corrected chi connectivity index (χ2v) is 5.76. The van der Waals surface area contributed by atoms with Gasteiger partial charge in [0.1, 0.15) is 0 Å². The average molecular weight is 328 g/mol. The van der Waals surface area contributed by atoms with E-state index >= 15 is 0 Å². The molecule has 6 heteroatoms. The number of benzene rings is 1. The number of aromatic nitrogens is 2. The van der Waals surface area contributed by atoms with Crippen LogP contribution >= 0.6 is 0 Å². The van der Waals surface area contributed by atoms with Crippen LogP contribution in [-0.4, -0.2) is 36.1 Å². The van der Waals surface area contributed by atoms with Crippen molar-refractivity contribution < 1.29 is 9.53 Å². The predicted octanol–water partition coefficient (Wildman–Crippen LogP) is 3.11. The topological polar surface area (TPSA) is 76.1 Å². The van der Waals surface area contributed by atoms with Gasteiger partial charge in [0.2, 0.25) is 5.95 Å². The lowest BCUT2D eigenvalue weighted by Crippen LogP contribution is -2.25. The van der Waals surface area contributed by atoms with Gasteiger partial charge in [0, 0.05) is 38.3 Å². The molecular weight excluding hydrogens is 304 g/mol. The molecule has 0 unspecified atom stereocenters. The molecule has 0 aliphatic heterocycles. The zero-order chi connectivity index (χ0) is 17.4. The van der Waals surface area contributed by atoms with E-state index in [1.165, 1.54) is 18.0 Å². The first-order valence-electron chi connectivity index (χ1n) is 8.07. The first kappa shape index (κ1) is 17.9. The molecule has 0 radical (unpaired) electrons. The molecule has 1 aromatic carbocycles. The third-order valence-electron chi connectivity index (χ3n) is 3.55. The second-order valence-electron chi connectivity index (χ2n) is 5.76. The van der Waals surface area contributed by atoms with Crippen molar-refractivity contribution in [3.05, 3.63) is 47.8 Å². The van der Waals surface area contributed by atoms with Gasteiger partial charge in [0.05, 0.1) is 5.56 Å². The maximum atomic E-state index is 12.0. The number of nitrogens with one attached hydrogen (secondary N) is 2. The summed E-state index contributed by atoms with van der Waals surface area (Å²) in [5.74, 6) is 0.685. The highest BCUT2D eigenvalue weighted by molar-refractivity contribution is 5.93. The minimum absolute atomic E-state index is 0.180. The van der Waals surface area contributed by atoms with Gasteiger partial charge in [-0.25, -0.2) is 9.97 Å². The van der Waals surface area contributed by atoms with Gasteiger partial charge in [-0.05, 0) is 24.0 Å². The molecule has 1 amide bonds. The van der Waals surface area contributed by atoms with Gasteiger partial charge in [-0.1, -0.05) is 32.0 Å². The lowest BCUT2D eigenvalue weighted by Gasteiger charge is -2.13. The van der Waals surface area contributed by atoms with E-state index in [1.54, 1.807) is 7.11 Å². The lowest BCUT2D eigenvalue weighted by molar-refractivity contribution is 0.0948. The molecule has 1 aromatic heterocycles. The summed E-state index contributed by atoms with van der Waals surface area (Å²) in [5, 5.41) is 6.02. The van der Waals surface area contributed by atoms with Crippen LogP contribution in [0.15, 0.2) is 36.7 Å². The lowest BCUT2D eigenvalue weighted by atomic mass is 10.0. The minimum Gasteiger partial charge on any atom is -0.385 e. The largest absolute Gasteiger partial charge is 0.385 e. The zero-order valence-corrected chi connectivity index (χ0v) is 14.4. The van der Waals surface area contributed by atoms with E-state index < -0.39 is 0 Å². The summed E-state index contributed by atoms with van der Waals surface area (Å²) < 4.78 is 4.94. The smallest absolute Gasteiger partial charge is 0.254 e. The number of ether oxygens (including phenoxy) is 1. The molecular formula is C18H24N4O2. The summed E-state index contributed by atoms with van der Waals surface area (Å²) in [7, 11) is 1.64. The van der Waals surface area contributed by atoms with Crippen molar-refractivity contribution in [1.82, 2.24) is 15.3 Å². The van der Waals surface area contributed by atoms with Crippen molar-refractivity contribution in [3.63, 3.8) is 0 Å². The quantitative estimate of drug-likeness (QED) is 0.728. The van der Waals surface area contributed by atoms with Crippen LogP contribution in [0, 0.1) is 0 Å². The van der Waals surface area contributed by atoms with E-state index in [0.717, 1.165) is 12.1 Å². The van der Waals surface area contributed by atoms with Crippen molar-refractivity contribution in [2.75, 3.05) is 25.6 Å². The maximum Gasteiger partial charge on any atom is 0.254 e. The van der Waals surface area contributed by atoms with Crippen LogP contribution in [-0.2, 0) is 4.74 Å². The van der Waals surface area contributed by atoms with E-state index in [0.29, 0.717) is 30.6 Å². The number of methoxy groups -OCH3 is 1. The Hall–Kier alpha value is -2.47. The van der Waals surface area contributed by atoms with Gasteiger partial charge >= 0.3 is 0 Å². The molecule has 2 aromatic rings. The number of carbonyl (C=O) groups excluding carboxylic acids is 1. The number of anilines is 2. The molecule has 1 heterocycles. The Morgan fingerprint density at radius 2 is 1.92 bits per heavy atom. The Labute approximate surface area is 142 Å². The summed E-state index contributed by atoms with van der Waals surface area (Å²) in [4.78, 5) is 20.4.